The molecule has 0 radical (unpaired) electrons. The zero-order valence-electron chi connectivity index (χ0n) is 10.9. The topological polar surface area (TPSA) is 58.2 Å². The fourth-order valence-corrected chi connectivity index (χ4v) is 2.63. The summed E-state index contributed by atoms with van der Waals surface area (Å²) in [4.78, 5) is 23.7. The van der Waals surface area contributed by atoms with Crippen LogP contribution in [-0.4, -0.2) is 24.9 Å². The van der Waals surface area contributed by atoms with Crippen LogP contribution in [0.2, 0.25) is 0 Å². The Morgan fingerprint density at radius 2 is 2.05 bits per heavy atom. The Bertz CT molecular complexity index is 516. The lowest BCUT2D eigenvalue weighted by molar-refractivity contribution is -0.133. The van der Waals surface area contributed by atoms with E-state index in [-0.39, 0.29) is 23.8 Å². The van der Waals surface area contributed by atoms with E-state index in [9.17, 15) is 14.0 Å². The summed E-state index contributed by atoms with van der Waals surface area (Å²) in [6, 6.07) is 4.40. The molecule has 108 valence electrons. The van der Waals surface area contributed by atoms with Gasteiger partial charge in [-0.2, -0.15) is 0 Å². The number of imide groups is 1. The molecule has 1 saturated heterocycles. The first-order chi connectivity index (χ1) is 9.56. The van der Waals surface area contributed by atoms with Gasteiger partial charge in [0, 0.05) is 10.4 Å². The molecule has 2 N–H and O–H groups in total. The highest BCUT2D eigenvalue weighted by molar-refractivity contribution is 9.10. The van der Waals surface area contributed by atoms with Gasteiger partial charge in [0.1, 0.15) is 5.82 Å². The lowest BCUT2D eigenvalue weighted by atomic mass is 9.97. The third kappa shape index (κ3) is 4.11. The maximum Gasteiger partial charge on any atom is 0.231 e. The van der Waals surface area contributed by atoms with Crippen LogP contribution in [0.15, 0.2) is 22.7 Å². The van der Waals surface area contributed by atoms with E-state index in [0.717, 1.165) is 25.9 Å². The second-order valence-electron chi connectivity index (χ2n) is 4.85. The van der Waals surface area contributed by atoms with E-state index in [1.807, 2.05) is 0 Å². The third-order valence-corrected chi connectivity index (χ3v) is 3.82. The highest BCUT2D eigenvalue weighted by Crippen LogP contribution is 2.16. The molecule has 1 heterocycles. The van der Waals surface area contributed by atoms with Crippen LogP contribution >= 0.6 is 15.9 Å². The highest BCUT2D eigenvalue weighted by Gasteiger charge is 2.22. The van der Waals surface area contributed by atoms with Crippen molar-refractivity contribution < 1.29 is 14.0 Å². The summed E-state index contributed by atoms with van der Waals surface area (Å²) < 4.78 is 14.2. The molecule has 0 spiro atoms. The molecule has 1 aromatic carbocycles. The van der Waals surface area contributed by atoms with E-state index in [2.05, 4.69) is 26.6 Å². The summed E-state index contributed by atoms with van der Waals surface area (Å²) in [6.45, 7) is 1.57. The van der Waals surface area contributed by atoms with Crippen molar-refractivity contribution in [2.24, 2.45) is 5.92 Å². The Morgan fingerprint density at radius 3 is 2.75 bits per heavy atom. The molecule has 0 atom stereocenters. The number of rotatable bonds is 3. The van der Waals surface area contributed by atoms with Crippen LogP contribution in [0.25, 0.3) is 0 Å². The van der Waals surface area contributed by atoms with E-state index in [4.69, 9.17) is 0 Å². The molecule has 0 aliphatic carbocycles. The molecule has 4 nitrogen and oxygen atoms in total. The molecule has 1 aromatic rings. The van der Waals surface area contributed by atoms with Crippen molar-refractivity contribution in [1.29, 1.82) is 0 Å². The summed E-state index contributed by atoms with van der Waals surface area (Å²) >= 11 is 3.23. The lowest BCUT2D eigenvalue weighted by Gasteiger charge is -2.21. The van der Waals surface area contributed by atoms with Gasteiger partial charge in [0.2, 0.25) is 11.8 Å². The lowest BCUT2D eigenvalue weighted by Crippen LogP contribution is -2.41. The molecule has 20 heavy (non-hydrogen) atoms. The van der Waals surface area contributed by atoms with E-state index in [1.54, 1.807) is 12.1 Å². The average Bonchev–Trinajstić information content (AvgIpc) is 2.43. The molecule has 0 bridgehead atoms. The van der Waals surface area contributed by atoms with E-state index >= 15 is 0 Å². The van der Waals surface area contributed by atoms with Gasteiger partial charge in [0.25, 0.3) is 0 Å². The number of benzene rings is 1. The predicted octanol–water partition coefficient (Wildman–Crippen LogP) is 1.77. The quantitative estimate of drug-likeness (QED) is 0.880. The first kappa shape index (κ1) is 15.1. The van der Waals surface area contributed by atoms with Crippen molar-refractivity contribution >= 4 is 27.7 Å². The van der Waals surface area contributed by atoms with Gasteiger partial charge < -0.3 is 5.32 Å². The fraction of sp³-hybridized carbons (Fsp3) is 0.429. The number of halogens is 2. The largest absolute Gasteiger partial charge is 0.317 e. The monoisotopic (exact) mass is 342 g/mol. The molecule has 1 fully saturated rings. The minimum atomic E-state index is -0.467. The number of piperidine rings is 1. The molecule has 0 unspecified atom stereocenters. The fourth-order valence-electron chi connectivity index (χ4n) is 2.22. The Balaban J connectivity index is 1.91. The van der Waals surface area contributed by atoms with Crippen molar-refractivity contribution in [1.82, 2.24) is 10.6 Å². The van der Waals surface area contributed by atoms with Crippen LogP contribution in [0.4, 0.5) is 4.39 Å². The molecule has 0 saturated carbocycles. The number of amides is 2. The Hall–Kier alpha value is -1.27. The van der Waals surface area contributed by atoms with E-state index in [1.165, 1.54) is 6.07 Å². The second-order valence-corrected chi connectivity index (χ2v) is 5.76. The van der Waals surface area contributed by atoms with E-state index < -0.39 is 11.7 Å². The van der Waals surface area contributed by atoms with Crippen molar-refractivity contribution in [3.8, 4) is 0 Å². The van der Waals surface area contributed by atoms with Crippen molar-refractivity contribution in [2.75, 3.05) is 13.1 Å². The molecule has 0 aromatic heterocycles. The normalized spacial score (nSPS) is 15.9. The SMILES string of the molecule is O=C(Cc1cc(Br)ccc1F)NC(=O)C1CCNCC1. The van der Waals surface area contributed by atoms with Gasteiger partial charge >= 0.3 is 0 Å². The number of hydrogen-bond donors (Lipinski definition) is 2. The standard InChI is InChI=1S/C14H16BrFN2O2/c15-11-1-2-12(16)10(7-11)8-13(19)18-14(20)9-3-5-17-6-4-9/h1-2,7,9,17H,3-6,8H2,(H,18,19,20). The smallest absolute Gasteiger partial charge is 0.231 e. The first-order valence-corrected chi connectivity index (χ1v) is 7.34. The molecule has 6 heteroatoms. The third-order valence-electron chi connectivity index (χ3n) is 3.33. The zero-order valence-corrected chi connectivity index (χ0v) is 12.5. The maximum absolute atomic E-state index is 13.5. The summed E-state index contributed by atoms with van der Waals surface area (Å²) in [5.41, 5.74) is 0.273. The summed E-state index contributed by atoms with van der Waals surface area (Å²) in [5, 5.41) is 5.51. The average molecular weight is 343 g/mol. The Morgan fingerprint density at radius 1 is 1.35 bits per heavy atom. The van der Waals surface area contributed by atoms with Crippen molar-refractivity contribution in [2.45, 2.75) is 19.3 Å². The van der Waals surface area contributed by atoms with Crippen LogP contribution in [0.1, 0.15) is 18.4 Å². The molecular weight excluding hydrogens is 327 g/mol. The predicted molar refractivity (Wildman–Crippen MR) is 76.5 cm³/mol. The Kier molecular flexibility index (Phi) is 5.25. The van der Waals surface area contributed by atoms with Gasteiger partial charge in [-0.1, -0.05) is 15.9 Å². The molecular formula is C14H16BrFN2O2. The van der Waals surface area contributed by atoms with Crippen LogP contribution in [0.3, 0.4) is 0 Å². The number of carbonyl (C=O) groups is 2. The van der Waals surface area contributed by atoms with Gasteiger partial charge in [0.15, 0.2) is 0 Å². The number of hydrogen-bond acceptors (Lipinski definition) is 3. The summed E-state index contributed by atoms with van der Waals surface area (Å²) in [5.74, 6) is -1.30. The zero-order chi connectivity index (χ0) is 14.5. The van der Waals surface area contributed by atoms with Crippen molar-refractivity contribution in [3.63, 3.8) is 0 Å². The number of nitrogens with one attached hydrogen (secondary N) is 2. The molecule has 2 rings (SSSR count). The van der Waals surface area contributed by atoms with E-state index in [0.29, 0.717) is 4.47 Å². The van der Waals surface area contributed by atoms with Crippen LogP contribution in [-0.2, 0) is 16.0 Å². The molecule has 1 aliphatic heterocycles. The summed E-state index contributed by atoms with van der Waals surface area (Å²) in [7, 11) is 0. The van der Waals surface area contributed by atoms with Gasteiger partial charge in [-0.05, 0) is 49.7 Å². The number of carbonyl (C=O) groups excluding carboxylic acids is 2. The van der Waals surface area contributed by atoms with Crippen molar-refractivity contribution in [3.05, 3.63) is 34.1 Å². The minimum Gasteiger partial charge on any atom is -0.317 e. The second kappa shape index (κ2) is 6.95. The highest BCUT2D eigenvalue weighted by atomic mass is 79.9. The maximum atomic E-state index is 13.5. The van der Waals surface area contributed by atoms with Gasteiger partial charge in [-0.25, -0.2) is 4.39 Å². The van der Waals surface area contributed by atoms with Crippen LogP contribution < -0.4 is 10.6 Å². The van der Waals surface area contributed by atoms with Crippen LogP contribution in [0.5, 0.6) is 0 Å². The minimum absolute atomic E-state index is 0.132. The Labute approximate surface area is 125 Å². The van der Waals surface area contributed by atoms with Gasteiger partial charge in [0.05, 0.1) is 6.42 Å². The summed E-state index contributed by atoms with van der Waals surface area (Å²) in [6.07, 6.45) is 1.32. The van der Waals surface area contributed by atoms with Gasteiger partial charge in [-0.15, -0.1) is 0 Å². The molecule has 2 amide bonds. The molecule has 1 aliphatic rings. The van der Waals surface area contributed by atoms with Crippen LogP contribution in [0, 0.1) is 11.7 Å². The first-order valence-electron chi connectivity index (χ1n) is 6.54. The van der Waals surface area contributed by atoms with Gasteiger partial charge in [-0.3, -0.25) is 14.9 Å².